The van der Waals surface area contributed by atoms with Crippen LogP contribution in [-0.4, -0.2) is 37.0 Å². The molecule has 1 fully saturated rings. The first-order valence-electron chi connectivity index (χ1n) is 7.04. The van der Waals surface area contributed by atoms with E-state index >= 15 is 0 Å². The maximum absolute atomic E-state index is 13.3. The quantitative estimate of drug-likeness (QED) is 0.776. The molecular weight excluding hydrogens is 397 g/mol. The van der Waals surface area contributed by atoms with Crippen LogP contribution in [0.4, 0.5) is 4.39 Å². The fourth-order valence-electron chi connectivity index (χ4n) is 2.43. The van der Waals surface area contributed by atoms with Crippen molar-refractivity contribution in [1.29, 1.82) is 0 Å². The van der Waals surface area contributed by atoms with Gasteiger partial charge in [-0.1, -0.05) is 18.0 Å². The van der Waals surface area contributed by atoms with Crippen LogP contribution in [0.3, 0.4) is 0 Å². The van der Waals surface area contributed by atoms with Gasteiger partial charge in [-0.2, -0.15) is 4.31 Å². The zero-order chi connectivity index (χ0) is 16.5. The molecule has 1 aliphatic rings. The number of aliphatic hydroxyl groups excluding tert-OH is 1. The highest BCUT2D eigenvalue weighted by atomic mass is 79.9. The van der Waals surface area contributed by atoms with Crippen molar-refractivity contribution in [3.63, 3.8) is 0 Å². The molecule has 0 amide bonds. The highest BCUT2D eigenvalue weighted by Crippen LogP contribution is 2.36. The smallest absolute Gasteiger partial charge is 0.246 e. The van der Waals surface area contributed by atoms with Crippen molar-refractivity contribution in [3.05, 3.63) is 27.4 Å². The van der Waals surface area contributed by atoms with Crippen LogP contribution in [0, 0.1) is 11.7 Å². The summed E-state index contributed by atoms with van der Waals surface area (Å²) in [5.74, 6) is -0.321. The second-order valence-corrected chi connectivity index (χ2v) is 8.69. The lowest BCUT2D eigenvalue weighted by Crippen LogP contribution is -2.44. The van der Waals surface area contributed by atoms with E-state index < -0.39 is 21.9 Å². The third-order valence-corrected chi connectivity index (χ3v) is 7.33. The lowest BCUT2D eigenvalue weighted by molar-refractivity contribution is 0.162. The summed E-state index contributed by atoms with van der Waals surface area (Å²) in [6.45, 7) is 1.69. The molecule has 124 valence electrons. The standard InChI is InChI=1S/C14H18BrClFNO3S/c1-9(8-19)18(7-10-3-2-4-10)22(20,21)14-12(15)5-11(17)6-13(14)16/h5-6,9-10,19H,2-4,7-8H2,1H3/t9-/m1/s1. The zero-order valence-electron chi connectivity index (χ0n) is 12.1. The Labute approximate surface area is 143 Å². The molecule has 22 heavy (non-hydrogen) atoms. The summed E-state index contributed by atoms with van der Waals surface area (Å²) in [6.07, 6.45) is 3.04. The molecule has 0 aliphatic heterocycles. The van der Waals surface area contributed by atoms with Gasteiger partial charge in [0.25, 0.3) is 0 Å². The van der Waals surface area contributed by atoms with Crippen molar-refractivity contribution >= 4 is 37.6 Å². The Hall–Kier alpha value is -0.210. The first-order valence-corrected chi connectivity index (χ1v) is 9.65. The van der Waals surface area contributed by atoms with Crippen LogP contribution < -0.4 is 0 Å². The van der Waals surface area contributed by atoms with E-state index in [1.54, 1.807) is 6.92 Å². The van der Waals surface area contributed by atoms with E-state index in [1.807, 2.05) is 0 Å². The van der Waals surface area contributed by atoms with Gasteiger partial charge in [-0.3, -0.25) is 0 Å². The Kier molecular flexibility index (Phi) is 5.88. The maximum atomic E-state index is 13.3. The summed E-state index contributed by atoms with van der Waals surface area (Å²) in [4.78, 5) is -0.157. The summed E-state index contributed by atoms with van der Waals surface area (Å²) in [6, 6.07) is 1.48. The van der Waals surface area contributed by atoms with Crippen LogP contribution in [-0.2, 0) is 10.0 Å². The van der Waals surface area contributed by atoms with Crippen molar-refractivity contribution in [1.82, 2.24) is 4.31 Å². The summed E-state index contributed by atoms with van der Waals surface area (Å²) in [7, 11) is -3.93. The Bertz CT molecular complexity index is 628. The molecule has 1 aromatic carbocycles. The Morgan fingerprint density at radius 2 is 2.14 bits per heavy atom. The average molecular weight is 415 g/mol. The van der Waals surface area contributed by atoms with Crippen molar-refractivity contribution in [2.45, 2.75) is 37.1 Å². The minimum absolute atomic E-state index is 0.0845. The third-order valence-electron chi connectivity index (χ3n) is 3.95. The highest BCUT2D eigenvalue weighted by molar-refractivity contribution is 9.10. The molecule has 1 atom stereocenters. The summed E-state index contributed by atoms with van der Waals surface area (Å²) in [5, 5.41) is 9.22. The van der Waals surface area contributed by atoms with E-state index in [4.69, 9.17) is 11.6 Å². The fourth-order valence-corrected chi connectivity index (χ4v) is 5.88. The number of sulfonamides is 1. The van der Waals surface area contributed by atoms with Gasteiger partial charge in [-0.05, 0) is 53.7 Å². The van der Waals surface area contributed by atoms with Gasteiger partial charge in [0, 0.05) is 17.1 Å². The molecule has 1 aromatic rings. The Balaban J connectivity index is 2.44. The molecule has 0 unspecified atom stereocenters. The van der Waals surface area contributed by atoms with Crippen molar-refractivity contribution in [3.8, 4) is 0 Å². The fraction of sp³-hybridized carbons (Fsp3) is 0.571. The molecule has 0 spiro atoms. The molecule has 2 rings (SSSR count). The van der Waals surface area contributed by atoms with Crippen molar-refractivity contribution < 1.29 is 17.9 Å². The average Bonchev–Trinajstić information content (AvgIpc) is 2.34. The van der Waals surface area contributed by atoms with Gasteiger partial charge < -0.3 is 5.11 Å². The van der Waals surface area contributed by atoms with Gasteiger partial charge in [0.15, 0.2) is 0 Å². The number of nitrogens with zero attached hydrogens (tertiary/aromatic N) is 1. The van der Waals surface area contributed by atoms with Crippen LogP contribution in [0.25, 0.3) is 0 Å². The lowest BCUT2D eigenvalue weighted by Gasteiger charge is -2.34. The normalized spacial score (nSPS) is 17.5. The highest BCUT2D eigenvalue weighted by Gasteiger charge is 2.35. The van der Waals surface area contributed by atoms with E-state index in [1.165, 1.54) is 4.31 Å². The predicted molar refractivity (Wildman–Crippen MR) is 86.9 cm³/mol. The summed E-state index contributed by atoms with van der Waals surface area (Å²) in [5.41, 5.74) is 0. The van der Waals surface area contributed by atoms with Gasteiger partial charge in [0.1, 0.15) is 10.7 Å². The third kappa shape index (κ3) is 3.64. The molecule has 0 radical (unpaired) electrons. The topological polar surface area (TPSA) is 57.6 Å². The van der Waals surface area contributed by atoms with Gasteiger partial charge in [0.05, 0.1) is 11.6 Å². The minimum Gasteiger partial charge on any atom is -0.395 e. The van der Waals surface area contributed by atoms with Crippen LogP contribution in [0.15, 0.2) is 21.5 Å². The lowest BCUT2D eigenvalue weighted by atomic mass is 9.85. The molecule has 1 saturated carbocycles. The van der Waals surface area contributed by atoms with Gasteiger partial charge in [0.2, 0.25) is 10.0 Å². The molecule has 0 bridgehead atoms. The monoisotopic (exact) mass is 413 g/mol. The molecule has 4 nitrogen and oxygen atoms in total. The molecule has 0 saturated heterocycles. The predicted octanol–water partition coefficient (Wildman–Crippen LogP) is 3.41. The molecule has 0 heterocycles. The summed E-state index contributed by atoms with van der Waals surface area (Å²) >= 11 is 9.03. The molecule has 0 aromatic heterocycles. The van der Waals surface area contributed by atoms with Crippen molar-refractivity contribution in [2.24, 2.45) is 5.92 Å². The zero-order valence-corrected chi connectivity index (χ0v) is 15.3. The number of aliphatic hydroxyl groups is 1. The van der Waals surface area contributed by atoms with Crippen LogP contribution in [0.2, 0.25) is 5.02 Å². The first kappa shape index (κ1) is 18.1. The van der Waals surface area contributed by atoms with E-state index in [-0.39, 0.29) is 21.0 Å². The van der Waals surface area contributed by atoms with Crippen LogP contribution in [0.5, 0.6) is 0 Å². The molecule has 1 N–H and O–H groups in total. The number of hydrogen-bond acceptors (Lipinski definition) is 3. The number of benzene rings is 1. The first-order chi connectivity index (χ1) is 10.3. The van der Waals surface area contributed by atoms with Gasteiger partial charge in [-0.15, -0.1) is 0 Å². The Morgan fingerprint density at radius 3 is 2.59 bits per heavy atom. The second kappa shape index (κ2) is 7.13. The number of hydrogen-bond donors (Lipinski definition) is 1. The number of rotatable bonds is 6. The second-order valence-electron chi connectivity index (χ2n) is 5.60. The number of halogens is 3. The molecular formula is C14H18BrClFNO3S. The van der Waals surface area contributed by atoms with Crippen LogP contribution >= 0.6 is 27.5 Å². The van der Waals surface area contributed by atoms with E-state index in [0.29, 0.717) is 12.5 Å². The maximum Gasteiger partial charge on any atom is 0.246 e. The van der Waals surface area contributed by atoms with E-state index in [0.717, 1.165) is 31.4 Å². The van der Waals surface area contributed by atoms with E-state index in [2.05, 4.69) is 15.9 Å². The molecule has 1 aliphatic carbocycles. The molecule has 8 heteroatoms. The SMILES string of the molecule is C[C@H](CO)N(CC1CCC1)S(=O)(=O)c1c(Cl)cc(F)cc1Br. The largest absolute Gasteiger partial charge is 0.395 e. The summed E-state index contributed by atoms with van der Waals surface area (Å²) < 4.78 is 40.6. The minimum atomic E-state index is -3.93. The van der Waals surface area contributed by atoms with E-state index in [9.17, 15) is 17.9 Å². The van der Waals surface area contributed by atoms with Gasteiger partial charge >= 0.3 is 0 Å². The van der Waals surface area contributed by atoms with Crippen molar-refractivity contribution in [2.75, 3.05) is 13.2 Å². The Morgan fingerprint density at radius 1 is 1.50 bits per heavy atom. The van der Waals surface area contributed by atoms with Gasteiger partial charge in [-0.25, -0.2) is 12.8 Å². The van der Waals surface area contributed by atoms with Crippen LogP contribution in [0.1, 0.15) is 26.2 Å².